The van der Waals surface area contributed by atoms with Crippen molar-refractivity contribution in [3.63, 3.8) is 0 Å². The van der Waals surface area contributed by atoms with Crippen molar-refractivity contribution in [2.24, 2.45) is 5.41 Å². The molecule has 2 aromatic rings. The number of anilines is 2. The van der Waals surface area contributed by atoms with Crippen molar-refractivity contribution in [1.82, 2.24) is 14.9 Å². The van der Waals surface area contributed by atoms with E-state index in [2.05, 4.69) is 25.9 Å². The first-order chi connectivity index (χ1) is 17.3. The number of ether oxygens (including phenoxy) is 1. The van der Waals surface area contributed by atoms with Gasteiger partial charge < -0.3 is 25.6 Å². The van der Waals surface area contributed by atoms with Crippen LogP contribution in [0.2, 0.25) is 5.02 Å². The standard InChI is InChI=1S/C22H22BrClF3N5O5/c23-13-7-11(24)1-2-12(13)17(22(25,26)27)37-16-8-15(29-19(28)30-16)31-5-3-21(4-6-31)9-14(18(33)34)32(10-21)20(35)36/h1-2,7-8,14,17H,3-6,9-10H2,(H,33,34)(H,35,36)(H2,28,29,30)/t14-,17-/m1/s1. The number of benzene rings is 1. The number of aromatic nitrogens is 2. The molecule has 0 radical (unpaired) electrons. The molecule has 37 heavy (non-hydrogen) atoms. The highest BCUT2D eigenvalue weighted by Gasteiger charge is 2.50. The van der Waals surface area contributed by atoms with Crippen LogP contribution in [0.1, 0.15) is 30.9 Å². The van der Waals surface area contributed by atoms with Crippen LogP contribution in [-0.4, -0.2) is 69.0 Å². The molecule has 0 saturated carbocycles. The van der Waals surface area contributed by atoms with E-state index in [0.717, 1.165) is 4.90 Å². The SMILES string of the molecule is Nc1nc(O[C@H](c2ccc(Cl)cc2Br)C(F)(F)F)cc(N2CCC3(CC2)C[C@H](C(=O)O)N(C(=O)O)C3)n1. The molecule has 4 rings (SSSR count). The van der Waals surface area contributed by atoms with Crippen molar-refractivity contribution >= 4 is 51.4 Å². The van der Waals surface area contributed by atoms with E-state index in [-0.39, 0.29) is 45.7 Å². The van der Waals surface area contributed by atoms with Crippen LogP contribution in [0.5, 0.6) is 5.88 Å². The van der Waals surface area contributed by atoms with E-state index in [1.54, 1.807) is 4.90 Å². The molecule has 0 aliphatic carbocycles. The lowest BCUT2D eigenvalue weighted by Gasteiger charge is -2.39. The lowest BCUT2D eigenvalue weighted by molar-refractivity contribution is -0.198. The summed E-state index contributed by atoms with van der Waals surface area (Å²) >= 11 is 8.95. The van der Waals surface area contributed by atoms with Gasteiger partial charge >= 0.3 is 18.2 Å². The molecular formula is C22H22BrClF3N5O5. The van der Waals surface area contributed by atoms with Crippen LogP contribution in [0, 0.1) is 5.41 Å². The van der Waals surface area contributed by atoms with Crippen molar-refractivity contribution in [2.45, 2.75) is 37.6 Å². The normalized spacial score (nSPS) is 20.2. The number of amides is 1. The Morgan fingerprint density at radius 2 is 1.89 bits per heavy atom. The Morgan fingerprint density at radius 1 is 1.22 bits per heavy atom. The van der Waals surface area contributed by atoms with Crippen molar-refractivity contribution in [2.75, 3.05) is 30.3 Å². The highest BCUT2D eigenvalue weighted by molar-refractivity contribution is 9.10. The monoisotopic (exact) mass is 607 g/mol. The first kappa shape index (κ1) is 27.0. The van der Waals surface area contributed by atoms with E-state index in [4.69, 9.17) is 22.1 Å². The van der Waals surface area contributed by atoms with Crippen LogP contribution in [-0.2, 0) is 4.79 Å². The van der Waals surface area contributed by atoms with Gasteiger partial charge in [0, 0.05) is 40.8 Å². The summed E-state index contributed by atoms with van der Waals surface area (Å²) in [6.07, 6.45) is -7.32. The van der Waals surface area contributed by atoms with Gasteiger partial charge in [-0.2, -0.15) is 23.1 Å². The van der Waals surface area contributed by atoms with Crippen LogP contribution in [0.25, 0.3) is 0 Å². The number of likely N-dealkylation sites (tertiary alicyclic amines) is 1. The van der Waals surface area contributed by atoms with E-state index in [9.17, 15) is 33.0 Å². The predicted octanol–water partition coefficient (Wildman–Crippen LogP) is 4.58. The molecule has 2 aliphatic heterocycles. The van der Waals surface area contributed by atoms with Crippen molar-refractivity contribution in [1.29, 1.82) is 0 Å². The summed E-state index contributed by atoms with van der Waals surface area (Å²) in [5, 5.41) is 19.1. The van der Waals surface area contributed by atoms with Gasteiger partial charge in [0.2, 0.25) is 17.9 Å². The van der Waals surface area contributed by atoms with Gasteiger partial charge in [-0.1, -0.05) is 33.6 Å². The van der Waals surface area contributed by atoms with Gasteiger partial charge in [-0.25, -0.2) is 9.59 Å². The largest absolute Gasteiger partial charge is 0.480 e. The van der Waals surface area contributed by atoms with Crippen molar-refractivity contribution in [3.05, 3.63) is 39.3 Å². The fraction of sp³-hybridized carbons (Fsp3) is 0.455. The number of aliphatic carboxylic acids is 1. The minimum Gasteiger partial charge on any atom is -0.480 e. The molecule has 1 amide bonds. The third-order valence-electron chi connectivity index (χ3n) is 6.67. The molecule has 0 unspecified atom stereocenters. The lowest BCUT2D eigenvalue weighted by atomic mass is 9.76. The predicted molar refractivity (Wildman–Crippen MR) is 130 cm³/mol. The number of nitrogens with zero attached hydrogens (tertiary/aromatic N) is 4. The third kappa shape index (κ3) is 5.79. The van der Waals surface area contributed by atoms with Crippen LogP contribution < -0.4 is 15.4 Å². The van der Waals surface area contributed by atoms with E-state index in [1.807, 2.05) is 0 Å². The average Bonchev–Trinajstić information content (AvgIpc) is 3.17. The maximum absolute atomic E-state index is 13.9. The van der Waals surface area contributed by atoms with Crippen molar-refractivity contribution < 1.29 is 37.7 Å². The van der Waals surface area contributed by atoms with Crippen LogP contribution in [0.3, 0.4) is 0 Å². The second kappa shape index (κ2) is 10.0. The molecule has 1 spiro atoms. The molecule has 200 valence electrons. The number of rotatable bonds is 5. The van der Waals surface area contributed by atoms with Crippen LogP contribution in [0.15, 0.2) is 28.7 Å². The molecule has 4 N–H and O–H groups in total. The first-order valence-corrected chi connectivity index (χ1v) is 12.3. The Balaban J connectivity index is 1.53. The molecule has 2 fully saturated rings. The summed E-state index contributed by atoms with van der Waals surface area (Å²) in [6, 6.07) is 3.98. The minimum absolute atomic E-state index is 0.0939. The van der Waals surface area contributed by atoms with Gasteiger partial charge in [-0.15, -0.1) is 0 Å². The third-order valence-corrected chi connectivity index (χ3v) is 7.60. The number of carbonyl (C=O) groups is 2. The van der Waals surface area contributed by atoms with Gasteiger partial charge in [0.1, 0.15) is 11.9 Å². The minimum atomic E-state index is -4.78. The van der Waals surface area contributed by atoms with E-state index in [1.165, 1.54) is 24.3 Å². The maximum Gasteiger partial charge on any atom is 0.429 e. The molecule has 2 saturated heterocycles. The number of halogens is 5. The van der Waals surface area contributed by atoms with E-state index in [0.29, 0.717) is 25.9 Å². The molecule has 1 aromatic carbocycles. The molecule has 2 aliphatic rings. The topological polar surface area (TPSA) is 142 Å². The molecule has 3 heterocycles. The number of hydrogen-bond donors (Lipinski definition) is 3. The van der Waals surface area contributed by atoms with Gasteiger partial charge in [-0.05, 0) is 36.8 Å². The number of piperidine rings is 1. The molecular weight excluding hydrogens is 587 g/mol. The summed E-state index contributed by atoms with van der Waals surface area (Å²) < 4.78 is 47.2. The summed E-state index contributed by atoms with van der Waals surface area (Å²) in [4.78, 5) is 33.7. The van der Waals surface area contributed by atoms with Gasteiger partial charge in [0.25, 0.3) is 0 Å². The second-order valence-electron chi connectivity index (χ2n) is 9.08. The van der Waals surface area contributed by atoms with E-state index < -0.39 is 35.8 Å². The first-order valence-electron chi connectivity index (χ1n) is 11.1. The Morgan fingerprint density at radius 3 is 2.43 bits per heavy atom. The van der Waals surface area contributed by atoms with Gasteiger partial charge in [-0.3, -0.25) is 4.90 Å². The Kier molecular flexibility index (Phi) is 7.34. The van der Waals surface area contributed by atoms with Crippen LogP contribution >= 0.6 is 27.5 Å². The van der Waals surface area contributed by atoms with E-state index >= 15 is 0 Å². The smallest absolute Gasteiger partial charge is 0.429 e. The van der Waals surface area contributed by atoms with Gasteiger partial charge in [0.05, 0.1) is 0 Å². The molecule has 10 nitrogen and oxygen atoms in total. The molecule has 2 atom stereocenters. The zero-order valence-corrected chi connectivity index (χ0v) is 21.4. The Hall–Kier alpha value is -3.00. The van der Waals surface area contributed by atoms with Crippen LogP contribution in [0.4, 0.5) is 29.7 Å². The fourth-order valence-corrected chi connectivity index (χ4v) is 5.74. The fourth-order valence-electron chi connectivity index (χ4n) is 4.84. The highest BCUT2D eigenvalue weighted by atomic mass is 79.9. The zero-order chi connectivity index (χ0) is 27.1. The van der Waals surface area contributed by atoms with Gasteiger partial charge in [0.15, 0.2) is 0 Å². The number of nitrogens with two attached hydrogens (primary N) is 1. The molecule has 15 heteroatoms. The summed E-state index contributed by atoms with van der Waals surface area (Å²) in [5.74, 6) is -1.61. The Labute approximate surface area is 222 Å². The Bertz CT molecular complexity index is 1190. The average molecular weight is 609 g/mol. The zero-order valence-electron chi connectivity index (χ0n) is 19.1. The number of nitrogen functional groups attached to an aromatic ring is 1. The lowest BCUT2D eigenvalue weighted by Crippen LogP contribution is -2.43. The highest BCUT2D eigenvalue weighted by Crippen LogP contribution is 2.45. The molecule has 1 aromatic heterocycles. The number of carboxylic acid groups (broad SMARTS) is 2. The van der Waals surface area contributed by atoms with Crippen molar-refractivity contribution in [3.8, 4) is 5.88 Å². The summed E-state index contributed by atoms with van der Waals surface area (Å²) in [7, 11) is 0. The maximum atomic E-state index is 13.9. The number of carboxylic acids is 1. The summed E-state index contributed by atoms with van der Waals surface area (Å²) in [6.45, 7) is 0.818. The second-order valence-corrected chi connectivity index (χ2v) is 10.4. The summed E-state index contributed by atoms with van der Waals surface area (Å²) in [5.41, 5.74) is 5.07. The quantitative estimate of drug-likeness (QED) is 0.445. The number of alkyl halides is 3. The molecule has 0 bridgehead atoms. The number of hydrogen-bond acceptors (Lipinski definition) is 7.